The van der Waals surface area contributed by atoms with Gasteiger partial charge < -0.3 is 9.64 Å². The first kappa shape index (κ1) is 18.2. The van der Waals surface area contributed by atoms with E-state index in [-0.39, 0.29) is 24.2 Å². The molecule has 3 heterocycles. The third kappa shape index (κ3) is 3.52. The van der Waals surface area contributed by atoms with Crippen molar-refractivity contribution in [2.24, 2.45) is 0 Å². The van der Waals surface area contributed by atoms with E-state index < -0.39 is 17.8 Å². The van der Waals surface area contributed by atoms with Crippen molar-refractivity contribution in [2.75, 3.05) is 32.8 Å². The zero-order chi connectivity index (χ0) is 18.2. The average molecular weight is 360 g/mol. The summed E-state index contributed by atoms with van der Waals surface area (Å²) in [5.41, 5.74) is -1.45. The van der Waals surface area contributed by atoms with Gasteiger partial charge in [0.15, 0.2) is 5.69 Å². The van der Waals surface area contributed by atoms with Crippen LogP contribution in [0.4, 0.5) is 13.2 Å². The molecular weight excluding hydrogens is 337 g/mol. The van der Waals surface area contributed by atoms with Crippen LogP contribution in [0.25, 0.3) is 0 Å². The van der Waals surface area contributed by atoms with Gasteiger partial charge in [0, 0.05) is 44.5 Å². The molecule has 9 heteroatoms. The maximum atomic E-state index is 13.2. The molecule has 0 aromatic carbocycles. The van der Waals surface area contributed by atoms with Gasteiger partial charge in [-0.3, -0.25) is 14.4 Å². The lowest BCUT2D eigenvalue weighted by molar-refractivity contribution is -0.141. The second kappa shape index (κ2) is 6.95. The number of likely N-dealkylation sites (tertiary alicyclic amines) is 1. The Hall–Kier alpha value is -1.61. The molecule has 0 unspecified atom stereocenters. The molecule has 1 aromatic rings. The fourth-order valence-electron chi connectivity index (χ4n) is 3.71. The van der Waals surface area contributed by atoms with Crippen LogP contribution in [0.1, 0.15) is 36.3 Å². The Kier molecular flexibility index (Phi) is 5.06. The lowest BCUT2D eigenvalue weighted by Gasteiger charge is -2.35. The van der Waals surface area contributed by atoms with E-state index in [2.05, 4.69) is 10.00 Å². The van der Waals surface area contributed by atoms with Gasteiger partial charge in [0.2, 0.25) is 0 Å². The van der Waals surface area contributed by atoms with E-state index in [9.17, 15) is 18.0 Å². The molecule has 3 rings (SSSR count). The Balaban J connectivity index is 1.80. The fraction of sp³-hybridized carbons (Fsp3) is 0.750. The quantitative estimate of drug-likeness (QED) is 0.826. The van der Waals surface area contributed by atoms with E-state index in [0.717, 1.165) is 24.2 Å². The highest BCUT2D eigenvalue weighted by molar-refractivity contribution is 5.95. The Morgan fingerprint density at radius 2 is 2.00 bits per heavy atom. The van der Waals surface area contributed by atoms with E-state index >= 15 is 0 Å². The third-order valence-corrected chi connectivity index (χ3v) is 5.07. The van der Waals surface area contributed by atoms with Crippen LogP contribution in [0.5, 0.6) is 0 Å². The van der Waals surface area contributed by atoms with Crippen LogP contribution in [-0.2, 0) is 17.5 Å². The van der Waals surface area contributed by atoms with Crippen LogP contribution >= 0.6 is 0 Å². The summed E-state index contributed by atoms with van der Waals surface area (Å²) in [5, 5.41) is 3.54. The first-order chi connectivity index (χ1) is 11.8. The minimum atomic E-state index is -4.64. The summed E-state index contributed by atoms with van der Waals surface area (Å²) >= 11 is 0. The molecule has 0 saturated carbocycles. The molecular formula is C16H23F3N4O2. The molecule has 0 bridgehead atoms. The summed E-state index contributed by atoms with van der Waals surface area (Å²) in [4.78, 5) is 16.6. The van der Waals surface area contributed by atoms with Crippen molar-refractivity contribution in [1.29, 1.82) is 0 Å². The summed E-state index contributed by atoms with van der Waals surface area (Å²) in [6, 6.07) is 0.0140. The Labute approximate surface area is 144 Å². The zero-order valence-corrected chi connectivity index (χ0v) is 14.4. The Morgan fingerprint density at radius 1 is 1.32 bits per heavy atom. The molecule has 1 amide bonds. The predicted octanol–water partition coefficient (Wildman–Crippen LogP) is 1.86. The van der Waals surface area contributed by atoms with Gasteiger partial charge >= 0.3 is 6.18 Å². The smallest absolute Gasteiger partial charge is 0.379 e. The van der Waals surface area contributed by atoms with E-state index in [0.29, 0.717) is 19.8 Å². The molecule has 0 radical (unpaired) electrons. The summed E-state index contributed by atoms with van der Waals surface area (Å²) < 4.78 is 46.2. The molecule has 6 nitrogen and oxygen atoms in total. The number of halogens is 3. The van der Waals surface area contributed by atoms with E-state index in [1.54, 1.807) is 11.8 Å². The summed E-state index contributed by atoms with van der Waals surface area (Å²) in [5.74, 6) is -0.588. The number of hydrogen-bond acceptors (Lipinski definition) is 4. The predicted molar refractivity (Wildman–Crippen MR) is 84.2 cm³/mol. The van der Waals surface area contributed by atoms with Crippen molar-refractivity contribution in [3.8, 4) is 0 Å². The number of rotatable bonds is 3. The van der Waals surface area contributed by atoms with Gasteiger partial charge in [-0.1, -0.05) is 0 Å². The molecule has 0 spiro atoms. The number of morpholine rings is 1. The van der Waals surface area contributed by atoms with Crippen LogP contribution in [0.3, 0.4) is 0 Å². The summed E-state index contributed by atoms with van der Waals surface area (Å²) in [6.07, 6.45) is -2.67. The molecule has 25 heavy (non-hydrogen) atoms. The zero-order valence-electron chi connectivity index (χ0n) is 14.4. The Morgan fingerprint density at radius 3 is 2.60 bits per heavy atom. The van der Waals surface area contributed by atoms with Crippen molar-refractivity contribution in [2.45, 2.75) is 45.1 Å². The molecule has 0 aliphatic carbocycles. The monoisotopic (exact) mass is 360 g/mol. The number of alkyl halides is 3. The van der Waals surface area contributed by atoms with E-state index in [1.165, 1.54) is 6.20 Å². The van der Waals surface area contributed by atoms with Crippen molar-refractivity contribution >= 4 is 5.91 Å². The second-order valence-electron chi connectivity index (χ2n) is 6.49. The van der Waals surface area contributed by atoms with E-state index in [1.807, 2.05) is 6.92 Å². The summed E-state index contributed by atoms with van der Waals surface area (Å²) in [7, 11) is 0. The van der Waals surface area contributed by atoms with Gasteiger partial charge in [-0.25, -0.2) is 0 Å². The molecule has 2 fully saturated rings. The van der Waals surface area contributed by atoms with Gasteiger partial charge in [-0.15, -0.1) is 0 Å². The van der Waals surface area contributed by atoms with Gasteiger partial charge in [0.05, 0.1) is 18.8 Å². The molecule has 1 aromatic heterocycles. The Bertz CT molecular complexity index is 625. The number of amides is 1. The lowest BCUT2D eigenvalue weighted by Crippen LogP contribution is -2.49. The second-order valence-corrected chi connectivity index (χ2v) is 6.49. The minimum absolute atomic E-state index is 0.142. The molecule has 2 atom stereocenters. The van der Waals surface area contributed by atoms with Crippen molar-refractivity contribution in [3.05, 3.63) is 17.5 Å². The highest BCUT2D eigenvalue weighted by atomic mass is 19.4. The first-order valence-corrected chi connectivity index (χ1v) is 8.60. The highest BCUT2D eigenvalue weighted by Crippen LogP contribution is 2.33. The van der Waals surface area contributed by atoms with Gasteiger partial charge in [-0.05, 0) is 20.3 Å². The number of aryl methyl sites for hydroxylation is 1. The number of carbonyl (C=O) groups excluding carboxylic acids is 1. The normalized spacial score (nSPS) is 25.6. The maximum Gasteiger partial charge on any atom is 0.435 e. The van der Waals surface area contributed by atoms with E-state index in [4.69, 9.17) is 4.74 Å². The van der Waals surface area contributed by atoms with Crippen molar-refractivity contribution in [1.82, 2.24) is 19.6 Å². The largest absolute Gasteiger partial charge is 0.435 e. The number of aromatic nitrogens is 2. The maximum absolute atomic E-state index is 13.2. The number of carbonyl (C=O) groups is 1. The standard InChI is InChI=1S/C16H23F3N4O2/c1-3-22-10-12(14(20-22)16(17,18)19)15(24)23-5-4-13(11(23)2)21-6-8-25-9-7-21/h10-11,13H,3-9H2,1-2H3/t11-,13-/m1/s1. The number of hydrogen-bond donors (Lipinski definition) is 0. The molecule has 2 saturated heterocycles. The third-order valence-electron chi connectivity index (χ3n) is 5.07. The van der Waals surface area contributed by atoms with Crippen molar-refractivity contribution in [3.63, 3.8) is 0 Å². The SMILES string of the molecule is CCn1cc(C(=O)N2CC[C@@H](N3CCOCC3)[C@H]2C)c(C(F)(F)F)n1. The summed E-state index contributed by atoms with van der Waals surface area (Å²) in [6.45, 7) is 7.21. The van der Waals surface area contributed by atoms with Crippen LogP contribution in [0.2, 0.25) is 0 Å². The lowest BCUT2D eigenvalue weighted by atomic mass is 10.1. The van der Waals surface area contributed by atoms with Gasteiger partial charge in [0.25, 0.3) is 5.91 Å². The average Bonchev–Trinajstić information content (AvgIpc) is 3.18. The van der Waals surface area contributed by atoms with Crippen LogP contribution in [0, 0.1) is 0 Å². The highest BCUT2D eigenvalue weighted by Gasteiger charge is 2.43. The topological polar surface area (TPSA) is 50.6 Å². The fourth-order valence-corrected chi connectivity index (χ4v) is 3.71. The number of ether oxygens (including phenoxy) is 1. The van der Waals surface area contributed by atoms with Crippen LogP contribution < -0.4 is 0 Å². The molecule has 2 aliphatic heterocycles. The van der Waals surface area contributed by atoms with Crippen LogP contribution in [0.15, 0.2) is 6.20 Å². The molecule has 2 aliphatic rings. The molecule has 0 N–H and O–H groups in total. The van der Waals surface area contributed by atoms with Gasteiger partial charge in [0.1, 0.15) is 0 Å². The van der Waals surface area contributed by atoms with Crippen LogP contribution in [-0.4, -0.2) is 70.4 Å². The van der Waals surface area contributed by atoms with Gasteiger partial charge in [-0.2, -0.15) is 18.3 Å². The minimum Gasteiger partial charge on any atom is -0.379 e. The molecule has 140 valence electrons. The first-order valence-electron chi connectivity index (χ1n) is 8.60. The van der Waals surface area contributed by atoms with Crippen molar-refractivity contribution < 1.29 is 22.7 Å². The number of nitrogens with zero attached hydrogens (tertiary/aromatic N) is 4.